The van der Waals surface area contributed by atoms with Gasteiger partial charge in [-0.25, -0.2) is 4.98 Å². The summed E-state index contributed by atoms with van der Waals surface area (Å²) in [6.07, 6.45) is 8.95. The number of nitrogens with zero attached hydrogens (tertiary/aromatic N) is 1. The van der Waals surface area contributed by atoms with E-state index in [-0.39, 0.29) is 0 Å². The Balaban J connectivity index is 2.00. The Hall–Kier alpha value is -0.540. The zero-order valence-electron chi connectivity index (χ0n) is 10.8. The van der Waals surface area contributed by atoms with Crippen molar-refractivity contribution in [1.82, 2.24) is 10.3 Å². The molecule has 2 rings (SSSR count). The zero-order chi connectivity index (χ0) is 12.1. The minimum Gasteiger partial charge on any atom is -0.316 e. The summed E-state index contributed by atoms with van der Waals surface area (Å²) in [5.41, 5.74) is 2.60. The molecule has 1 aromatic heterocycles. The summed E-state index contributed by atoms with van der Waals surface area (Å²) >= 11 is 1.99. The van der Waals surface area contributed by atoms with Crippen LogP contribution in [0, 0.1) is 6.92 Å². The Kier molecular flexibility index (Phi) is 4.86. The van der Waals surface area contributed by atoms with E-state index < -0.39 is 0 Å². The van der Waals surface area contributed by atoms with Crippen LogP contribution >= 0.6 is 11.8 Å². The number of nitrogens with one attached hydrogen (secondary N) is 1. The fraction of sp³-hybridized carbons (Fsp3) is 0.643. The van der Waals surface area contributed by atoms with E-state index in [0.29, 0.717) is 0 Å². The lowest BCUT2D eigenvalue weighted by Crippen LogP contribution is -2.09. The lowest BCUT2D eigenvalue weighted by Gasteiger charge is -2.21. The monoisotopic (exact) mass is 250 g/mol. The first-order chi connectivity index (χ1) is 8.29. The Morgan fingerprint density at radius 1 is 1.35 bits per heavy atom. The van der Waals surface area contributed by atoms with Crippen LogP contribution in [0.2, 0.25) is 0 Å². The van der Waals surface area contributed by atoms with Crippen LogP contribution in [0.5, 0.6) is 0 Å². The van der Waals surface area contributed by atoms with E-state index in [9.17, 15) is 0 Å². The molecule has 94 valence electrons. The van der Waals surface area contributed by atoms with Gasteiger partial charge in [0.2, 0.25) is 0 Å². The van der Waals surface area contributed by atoms with Crippen molar-refractivity contribution in [2.75, 3.05) is 7.05 Å². The molecular formula is C14H22N2S. The first-order valence-electron chi connectivity index (χ1n) is 6.56. The third-order valence-corrected chi connectivity index (χ3v) is 4.75. The van der Waals surface area contributed by atoms with Crippen LogP contribution in [0.3, 0.4) is 0 Å². The highest BCUT2D eigenvalue weighted by Gasteiger charge is 2.16. The average Bonchev–Trinajstić information content (AvgIpc) is 2.34. The van der Waals surface area contributed by atoms with Crippen molar-refractivity contribution >= 4 is 11.8 Å². The Morgan fingerprint density at radius 2 is 2.12 bits per heavy atom. The van der Waals surface area contributed by atoms with Crippen LogP contribution in [0.4, 0.5) is 0 Å². The van der Waals surface area contributed by atoms with Gasteiger partial charge < -0.3 is 5.32 Å². The molecule has 3 heteroatoms. The third kappa shape index (κ3) is 3.71. The van der Waals surface area contributed by atoms with Crippen molar-refractivity contribution in [2.24, 2.45) is 0 Å². The topological polar surface area (TPSA) is 24.9 Å². The van der Waals surface area contributed by atoms with E-state index in [1.54, 1.807) is 0 Å². The molecule has 0 aromatic carbocycles. The van der Waals surface area contributed by atoms with Crippen LogP contribution in [0.25, 0.3) is 0 Å². The molecule has 0 aliphatic heterocycles. The van der Waals surface area contributed by atoms with Crippen LogP contribution in [0.1, 0.15) is 43.2 Å². The van der Waals surface area contributed by atoms with Crippen LogP contribution in [-0.4, -0.2) is 17.3 Å². The number of pyridine rings is 1. The molecule has 1 aliphatic carbocycles. The van der Waals surface area contributed by atoms with Gasteiger partial charge in [0.1, 0.15) is 0 Å². The molecule has 1 aliphatic rings. The second-order valence-corrected chi connectivity index (χ2v) is 6.16. The summed E-state index contributed by atoms with van der Waals surface area (Å²) in [6, 6.07) is 2.26. The minimum absolute atomic E-state index is 0.796. The number of rotatable bonds is 4. The number of aryl methyl sites for hydroxylation is 1. The summed E-state index contributed by atoms with van der Waals surface area (Å²) in [5, 5.41) is 5.19. The maximum Gasteiger partial charge on any atom is 0.0991 e. The number of aromatic nitrogens is 1. The van der Waals surface area contributed by atoms with E-state index in [1.807, 2.05) is 25.0 Å². The predicted molar refractivity (Wildman–Crippen MR) is 74.5 cm³/mol. The number of thioether (sulfide) groups is 1. The van der Waals surface area contributed by atoms with Crippen LogP contribution in [-0.2, 0) is 6.54 Å². The Morgan fingerprint density at radius 3 is 2.76 bits per heavy atom. The van der Waals surface area contributed by atoms with Crippen molar-refractivity contribution in [3.05, 3.63) is 23.4 Å². The summed E-state index contributed by atoms with van der Waals surface area (Å²) in [5.74, 6) is 0. The molecular weight excluding hydrogens is 228 g/mol. The molecule has 0 radical (unpaired) electrons. The maximum absolute atomic E-state index is 4.61. The van der Waals surface area contributed by atoms with Gasteiger partial charge in [-0.1, -0.05) is 25.3 Å². The highest BCUT2D eigenvalue weighted by atomic mass is 32.2. The smallest absolute Gasteiger partial charge is 0.0991 e. The molecule has 1 heterocycles. The van der Waals surface area contributed by atoms with E-state index >= 15 is 0 Å². The van der Waals surface area contributed by atoms with Gasteiger partial charge in [0.25, 0.3) is 0 Å². The highest BCUT2D eigenvalue weighted by Crippen LogP contribution is 2.34. The molecule has 1 aromatic rings. The van der Waals surface area contributed by atoms with Crippen LogP contribution < -0.4 is 5.32 Å². The normalized spacial score (nSPS) is 17.3. The molecule has 0 amide bonds. The minimum atomic E-state index is 0.796. The predicted octanol–water partition coefficient (Wildman–Crippen LogP) is 3.53. The van der Waals surface area contributed by atoms with Gasteiger partial charge in [0.15, 0.2) is 0 Å². The molecule has 2 nitrogen and oxygen atoms in total. The first kappa shape index (κ1) is 12.9. The number of hydrogen-bond acceptors (Lipinski definition) is 3. The third-order valence-electron chi connectivity index (χ3n) is 3.30. The zero-order valence-corrected chi connectivity index (χ0v) is 11.6. The number of hydrogen-bond donors (Lipinski definition) is 1. The highest BCUT2D eigenvalue weighted by molar-refractivity contribution is 7.99. The molecule has 1 N–H and O–H groups in total. The molecule has 0 unspecified atom stereocenters. The van der Waals surface area contributed by atoms with Crippen molar-refractivity contribution in [3.63, 3.8) is 0 Å². The lowest BCUT2D eigenvalue weighted by molar-refractivity contribution is 0.515. The van der Waals surface area contributed by atoms with Gasteiger partial charge in [-0.3, -0.25) is 0 Å². The van der Waals surface area contributed by atoms with E-state index in [2.05, 4.69) is 23.3 Å². The standard InChI is InChI=1S/C14H22N2S/c1-11-8-12(9-15-2)10-16-14(11)17-13-6-4-3-5-7-13/h8,10,13,15H,3-7,9H2,1-2H3. The van der Waals surface area contributed by atoms with Crippen molar-refractivity contribution in [3.8, 4) is 0 Å². The van der Waals surface area contributed by atoms with Crippen molar-refractivity contribution in [1.29, 1.82) is 0 Å². The van der Waals surface area contributed by atoms with Gasteiger partial charge in [0.05, 0.1) is 5.03 Å². The van der Waals surface area contributed by atoms with Gasteiger partial charge >= 0.3 is 0 Å². The lowest BCUT2D eigenvalue weighted by atomic mass is 10.0. The fourth-order valence-electron chi connectivity index (χ4n) is 2.39. The Labute approximate surface area is 109 Å². The SMILES string of the molecule is CNCc1cnc(SC2CCCCC2)c(C)c1. The molecule has 0 spiro atoms. The van der Waals surface area contributed by atoms with E-state index in [0.717, 1.165) is 11.8 Å². The summed E-state index contributed by atoms with van der Waals surface area (Å²) in [4.78, 5) is 4.61. The summed E-state index contributed by atoms with van der Waals surface area (Å²) in [7, 11) is 1.97. The van der Waals surface area contributed by atoms with Crippen LogP contribution in [0.15, 0.2) is 17.3 Å². The van der Waals surface area contributed by atoms with E-state index in [4.69, 9.17) is 0 Å². The molecule has 0 saturated heterocycles. The molecule has 1 fully saturated rings. The second-order valence-electron chi connectivity index (χ2n) is 4.87. The fourth-order valence-corrected chi connectivity index (χ4v) is 3.63. The van der Waals surface area contributed by atoms with Gasteiger partial charge in [0, 0.05) is 18.0 Å². The van der Waals surface area contributed by atoms with Gasteiger partial charge in [-0.15, -0.1) is 11.8 Å². The van der Waals surface area contributed by atoms with Crippen molar-refractivity contribution in [2.45, 2.75) is 55.8 Å². The van der Waals surface area contributed by atoms with E-state index in [1.165, 1.54) is 48.3 Å². The Bertz CT molecular complexity index is 359. The molecule has 1 saturated carbocycles. The maximum atomic E-state index is 4.61. The van der Waals surface area contributed by atoms with Crippen molar-refractivity contribution < 1.29 is 0 Å². The molecule has 17 heavy (non-hydrogen) atoms. The van der Waals surface area contributed by atoms with Gasteiger partial charge in [-0.2, -0.15) is 0 Å². The summed E-state index contributed by atoms with van der Waals surface area (Å²) in [6.45, 7) is 3.08. The second kappa shape index (κ2) is 6.41. The molecule has 0 atom stereocenters. The average molecular weight is 250 g/mol. The largest absolute Gasteiger partial charge is 0.316 e. The summed E-state index contributed by atoms with van der Waals surface area (Å²) < 4.78 is 0. The molecule has 0 bridgehead atoms. The quantitative estimate of drug-likeness (QED) is 0.885. The first-order valence-corrected chi connectivity index (χ1v) is 7.44. The van der Waals surface area contributed by atoms with Gasteiger partial charge in [-0.05, 0) is 37.9 Å².